The van der Waals surface area contributed by atoms with Crippen LogP contribution in [0.4, 0.5) is 0 Å². The van der Waals surface area contributed by atoms with Crippen LogP contribution in [-0.4, -0.2) is 15.1 Å². The van der Waals surface area contributed by atoms with Gasteiger partial charge in [-0.15, -0.1) is 0 Å². The zero-order valence-corrected chi connectivity index (χ0v) is 14.7. The number of halogens is 1. The molecule has 0 atom stereocenters. The molecular weight excluding hydrogens is 334 g/mol. The second kappa shape index (κ2) is 6.33. The molecule has 0 amide bonds. The minimum absolute atomic E-state index is 0.109. The molecule has 20 heavy (non-hydrogen) atoms. The number of benzene rings is 1. The number of rotatable bonds is 4. The van der Waals surface area contributed by atoms with Gasteiger partial charge in [0, 0.05) is 40.9 Å². The molecule has 2 aromatic rings. The van der Waals surface area contributed by atoms with Crippen molar-refractivity contribution in [3.05, 3.63) is 40.6 Å². The Bertz CT molecular complexity index is 587. The van der Waals surface area contributed by atoms with Gasteiger partial charge in [-0.1, -0.05) is 33.8 Å². The molecule has 5 heteroatoms. The SMILES string of the molecule is Cn1ccnc1Sc1cc(Br)ccc1CNC(C)(C)C. The van der Waals surface area contributed by atoms with E-state index in [2.05, 4.69) is 65.2 Å². The summed E-state index contributed by atoms with van der Waals surface area (Å²) in [6, 6.07) is 6.40. The zero-order valence-electron chi connectivity index (χ0n) is 12.3. The van der Waals surface area contributed by atoms with Crippen LogP contribution in [0, 0.1) is 0 Å². The Morgan fingerprint density at radius 3 is 2.70 bits per heavy atom. The third kappa shape index (κ3) is 4.36. The van der Waals surface area contributed by atoms with Crippen molar-refractivity contribution in [2.45, 2.75) is 42.9 Å². The van der Waals surface area contributed by atoms with Crippen molar-refractivity contribution in [3.63, 3.8) is 0 Å². The van der Waals surface area contributed by atoms with E-state index in [0.717, 1.165) is 16.2 Å². The number of imidazole rings is 1. The second-order valence-electron chi connectivity index (χ2n) is 5.78. The van der Waals surface area contributed by atoms with Crippen molar-refractivity contribution in [2.24, 2.45) is 7.05 Å². The van der Waals surface area contributed by atoms with Gasteiger partial charge in [-0.05, 0) is 38.5 Å². The maximum atomic E-state index is 4.38. The molecule has 3 nitrogen and oxygen atoms in total. The average Bonchev–Trinajstić information content (AvgIpc) is 2.73. The fourth-order valence-corrected chi connectivity index (χ4v) is 3.16. The van der Waals surface area contributed by atoms with Gasteiger partial charge in [0.25, 0.3) is 0 Å². The lowest BCUT2D eigenvalue weighted by Gasteiger charge is -2.21. The molecule has 108 valence electrons. The molecule has 0 aliphatic heterocycles. The summed E-state index contributed by atoms with van der Waals surface area (Å²) in [5, 5.41) is 4.54. The molecule has 0 unspecified atom stereocenters. The Hall–Kier alpha value is -0.780. The summed E-state index contributed by atoms with van der Waals surface area (Å²) in [6.07, 6.45) is 3.79. The number of aromatic nitrogens is 2. The van der Waals surface area contributed by atoms with E-state index in [0.29, 0.717) is 0 Å². The largest absolute Gasteiger partial charge is 0.329 e. The van der Waals surface area contributed by atoms with Gasteiger partial charge in [-0.2, -0.15) is 0 Å². The second-order valence-corrected chi connectivity index (χ2v) is 7.70. The predicted molar refractivity (Wildman–Crippen MR) is 88.1 cm³/mol. The molecule has 1 aromatic heterocycles. The first-order valence-electron chi connectivity index (χ1n) is 6.54. The summed E-state index contributed by atoms with van der Waals surface area (Å²) in [7, 11) is 2.01. The quantitative estimate of drug-likeness (QED) is 0.892. The molecule has 0 fully saturated rings. The van der Waals surface area contributed by atoms with Gasteiger partial charge in [0.1, 0.15) is 0 Å². The van der Waals surface area contributed by atoms with Crippen LogP contribution in [0.2, 0.25) is 0 Å². The van der Waals surface area contributed by atoms with E-state index in [1.165, 1.54) is 10.5 Å². The molecule has 1 heterocycles. The molecule has 2 rings (SSSR count). The standard InChI is InChI=1S/C15H20BrN3S/c1-15(2,3)18-10-11-5-6-12(16)9-13(11)20-14-17-7-8-19(14)4/h5-9,18H,10H2,1-4H3. The van der Waals surface area contributed by atoms with Crippen LogP contribution in [0.1, 0.15) is 26.3 Å². The Kier molecular flexibility index (Phi) is 4.94. The van der Waals surface area contributed by atoms with Crippen molar-refractivity contribution < 1.29 is 0 Å². The van der Waals surface area contributed by atoms with Gasteiger partial charge >= 0.3 is 0 Å². The van der Waals surface area contributed by atoms with Crippen molar-refractivity contribution in [2.75, 3.05) is 0 Å². The maximum Gasteiger partial charge on any atom is 0.172 e. The highest BCUT2D eigenvalue weighted by atomic mass is 79.9. The van der Waals surface area contributed by atoms with E-state index in [4.69, 9.17) is 0 Å². The van der Waals surface area contributed by atoms with Gasteiger partial charge in [-0.3, -0.25) is 0 Å². The summed E-state index contributed by atoms with van der Waals surface area (Å²) < 4.78 is 3.13. The van der Waals surface area contributed by atoms with E-state index in [9.17, 15) is 0 Å². The van der Waals surface area contributed by atoms with E-state index in [1.807, 2.05) is 24.0 Å². The monoisotopic (exact) mass is 353 g/mol. The van der Waals surface area contributed by atoms with Crippen LogP contribution in [-0.2, 0) is 13.6 Å². The van der Waals surface area contributed by atoms with Gasteiger partial charge < -0.3 is 9.88 Å². The molecule has 0 bridgehead atoms. The summed E-state index contributed by atoms with van der Waals surface area (Å²) >= 11 is 5.24. The van der Waals surface area contributed by atoms with Gasteiger partial charge in [0.15, 0.2) is 5.16 Å². The highest BCUT2D eigenvalue weighted by Gasteiger charge is 2.12. The number of aryl methyl sites for hydroxylation is 1. The van der Waals surface area contributed by atoms with Crippen LogP contribution in [0.3, 0.4) is 0 Å². The smallest absolute Gasteiger partial charge is 0.172 e. The average molecular weight is 354 g/mol. The molecule has 0 aliphatic rings. The van der Waals surface area contributed by atoms with Crippen LogP contribution in [0.15, 0.2) is 45.1 Å². The zero-order chi connectivity index (χ0) is 14.8. The first kappa shape index (κ1) is 15.6. The molecule has 0 spiro atoms. The first-order chi connectivity index (χ1) is 9.35. The maximum absolute atomic E-state index is 4.38. The fourth-order valence-electron chi connectivity index (χ4n) is 1.68. The van der Waals surface area contributed by atoms with E-state index >= 15 is 0 Å². The van der Waals surface area contributed by atoms with Crippen molar-refractivity contribution >= 4 is 27.7 Å². The van der Waals surface area contributed by atoms with Gasteiger partial charge in [0.05, 0.1) is 0 Å². The number of hydrogen-bond donors (Lipinski definition) is 1. The number of hydrogen-bond acceptors (Lipinski definition) is 3. The first-order valence-corrected chi connectivity index (χ1v) is 8.15. The Labute approximate surface area is 133 Å². The fraction of sp³-hybridized carbons (Fsp3) is 0.400. The number of nitrogens with one attached hydrogen (secondary N) is 1. The predicted octanol–water partition coefficient (Wildman–Crippen LogP) is 4.22. The molecule has 0 radical (unpaired) electrons. The normalized spacial score (nSPS) is 11.8. The lowest BCUT2D eigenvalue weighted by Crippen LogP contribution is -2.35. The minimum Gasteiger partial charge on any atom is -0.329 e. The Morgan fingerprint density at radius 2 is 2.10 bits per heavy atom. The Morgan fingerprint density at radius 1 is 1.35 bits per heavy atom. The third-order valence-electron chi connectivity index (χ3n) is 2.82. The van der Waals surface area contributed by atoms with Crippen LogP contribution in [0.5, 0.6) is 0 Å². The van der Waals surface area contributed by atoms with Gasteiger partial charge in [0.2, 0.25) is 0 Å². The lowest BCUT2D eigenvalue weighted by atomic mass is 10.1. The minimum atomic E-state index is 0.109. The lowest BCUT2D eigenvalue weighted by molar-refractivity contribution is 0.422. The highest BCUT2D eigenvalue weighted by Crippen LogP contribution is 2.31. The Balaban J connectivity index is 2.22. The molecule has 0 aliphatic carbocycles. The molecule has 0 saturated heterocycles. The van der Waals surface area contributed by atoms with E-state index in [1.54, 1.807) is 11.8 Å². The highest BCUT2D eigenvalue weighted by molar-refractivity contribution is 9.10. The third-order valence-corrected chi connectivity index (χ3v) is 4.49. The number of nitrogens with zero attached hydrogens (tertiary/aromatic N) is 2. The molecule has 0 saturated carbocycles. The van der Waals surface area contributed by atoms with E-state index in [-0.39, 0.29) is 5.54 Å². The molecule has 1 aromatic carbocycles. The molecule has 1 N–H and O–H groups in total. The summed E-state index contributed by atoms with van der Waals surface area (Å²) in [4.78, 5) is 5.61. The van der Waals surface area contributed by atoms with Crippen molar-refractivity contribution in [1.82, 2.24) is 14.9 Å². The summed E-state index contributed by atoms with van der Waals surface area (Å²) in [6.45, 7) is 7.38. The molecular formula is C15H20BrN3S. The van der Waals surface area contributed by atoms with Crippen molar-refractivity contribution in [1.29, 1.82) is 0 Å². The van der Waals surface area contributed by atoms with Crippen LogP contribution >= 0.6 is 27.7 Å². The summed E-state index contributed by atoms with van der Waals surface area (Å²) in [5.41, 5.74) is 1.40. The van der Waals surface area contributed by atoms with Crippen LogP contribution in [0.25, 0.3) is 0 Å². The van der Waals surface area contributed by atoms with Crippen molar-refractivity contribution in [3.8, 4) is 0 Å². The van der Waals surface area contributed by atoms with E-state index < -0.39 is 0 Å². The van der Waals surface area contributed by atoms with Gasteiger partial charge in [-0.25, -0.2) is 4.98 Å². The topological polar surface area (TPSA) is 29.9 Å². The summed E-state index contributed by atoms with van der Waals surface area (Å²) in [5.74, 6) is 0. The van der Waals surface area contributed by atoms with Crippen LogP contribution < -0.4 is 5.32 Å².